The summed E-state index contributed by atoms with van der Waals surface area (Å²) >= 11 is 0. The molecule has 0 bridgehead atoms. The number of aromatic carboxylic acids is 3. The van der Waals surface area contributed by atoms with Crippen LogP contribution in [-0.4, -0.2) is 100 Å². The molecule has 348 valence electrons. The maximum absolute atomic E-state index is 12.3. The third-order valence-electron chi connectivity index (χ3n) is 12.6. The van der Waals surface area contributed by atoms with Gasteiger partial charge in [0.05, 0.1) is 27.7 Å². The van der Waals surface area contributed by atoms with Crippen molar-refractivity contribution in [3.8, 4) is 0 Å². The number of nitrogens with one attached hydrogen (secondary N) is 3. The molecule has 3 atom stereocenters. The van der Waals surface area contributed by atoms with Crippen LogP contribution in [0, 0.1) is 17.8 Å². The van der Waals surface area contributed by atoms with Crippen molar-refractivity contribution in [3.63, 3.8) is 0 Å². The van der Waals surface area contributed by atoms with E-state index in [2.05, 4.69) is 45.9 Å². The molecule has 18 nitrogen and oxygen atoms in total. The monoisotopic (exact) mass is 911 g/mol. The number of carbonyl (C=O) groups is 6. The van der Waals surface area contributed by atoms with Crippen molar-refractivity contribution in [2.45, 2.75) is 92.3 Å². The lowest BCUT2D eigenvalue weighted by Gasteiger charge is -2.21. The van der Waals surface area contributed by atoms with Crippen molar-refractivity contribution < 1.29 is 44.1 Å². The molecule has 3 aliphatic rings. The van der Waals surface area contributed by atoms with Gasteiger partial charge in [0.25, 0.3) is 17.7 Å². The highest BCUT2D eigenvalue weighted by Crippen LogP contribution is 2.31. The molecule has 8 rings (SSSR count). The van der Waals surface area contributed by atoms with E-state index in [9.17, 15) is 44.1 Å². The molecule has 3 aromatic heterocycles. The van der Waals surface area contributed by atoms with E-state index in [1.54, 1.807) is 69.4 Å². The van der Waals surface area contributed by atoms with E-state index >= 15 is 0 Å². The standard InChI is InChI=1S/2C17H17N3O3.C15H19N3O3/c2*1-9(2)17(3)16(23)19-14(20-17)13-11(15(21)22)8-10-6-4-5-7-12(10)18-13;1-5-9-6-10(13(19)20)11(16-7-9)12-17-14(21)15(4,18-12)8(2)3/h2*4-9H,1-3H3,(H,21,22)(H,19,20,23);6-8H,5H2,1-4H3,(H,19,20)(H,17,18,21). The van der Waals surface area contributed by atoms with Gasteiger partial charge in [-0.15, -0.1) is 0 Å². The first-order valence-electron chi connectivity index (χ1n) is 21.7. The van der Waals surface area contributed by atoms with Crippen LogP contribution in [0.15, 0.2) is 87.9 Å². The number of para-hydroxylation sites is 2. The van der Waals surface area contributed by atoms with Gasteiger partial charge in [-0.2, -0.15) is 0 Å². The van der Waals surface area contributed by atoms with Gasteiger partial charge in [0.15, 0.2) is 17.5 Å². The zero-order valence-electron chi connectivity index (χ0n) is 38.8. The molecular formula is C49H53N9O9. The molecule has 18 heteroatoms. The minimum atomic E-state index is -1.10. The van der Waals surface area contributed by atoms with Gasteiger partial charge in [-0.1, -0.05) is 84.9 Å². The van der Waals surface area contributed by atoms with E-state index < -0.39 is 34.5 Å². The second-order valence-electron chi connectivity index (χ2n) is 17.8. The summed E-state index contributed by atoms with van der Waals surface area (Å²) in [6.45, 7) is 18.5. The van der Waals surface area contributed by atoms with Gasteiger partial charge in [0.2, 0.25) is 0 Å². The number of amidine groups is 3. The van der Waals surface area contributed by atoms with Crippen LogP contribution >= 0.6 is 0 Å². The van der Waals surface area contributed by atoms with E-state index in [1.807, 2.05) is 72.7 Å². The molecule has 5 aromatic rings. The fourth-order valence-electron chi connectivity index (χ4n) is 7.12. The number of fused-ring (bicyclic) bond motifs is 2. The van der Waals surface area contributed by atoms with Crippen molar-refractivity contribution in [3.05, 3.63) is 112 Å². The van der Waals surface area contributed by atoms with E-state index in [0.29, 0.717) is 17.5 Å². The quantitative estimate of drug-likeness (QED) is 0.0930. The zero-order chi connectivity index (χ0) is 49.3. The normalized spacial score (nSPS) is 20.9. The zero-order valence-corrected chi connectivity index (χ0v) is 38.8. The number of amides is 3. The summed E-state index contributed by atoms with van der Waals surface area (Å²) < 4.78 is 0. The SMILES string of the molecule is CC(C)C1(C)N=C(c2nc3ccccc3cc2C(=O)O)NC1=O.CC(C)C1(C)N=C(c2nc3ccccc3cc2C(=O)O)NC1=O.CCc1cnc(C2=NC(C)(C(C)C)C(=O)N2)c(C(=O)O)c1. The molecule has 67 heavy (non-hydrogen) atoms. The predicted molar refractivity (Wildman–Crippen MR) is 252 cm³/mol. The Hall–Kier alpha value is -7.76. The number of pyridine rings is 3. The number of hydrogen-bond acceptors (Lipinski definition) is 12. The van der Waals surface area contributed by atoms with Crippen molar-refractivity contribution in [2.75, 3.05) is 0 Å². The molecule has 3 unspecified atom stereocenters. The number of aryl methyl sites for hydroxylation is 1. The maximum atomic E-state index is 12.3. The summed E-state index contributed by atoms with van der Waals surface area (Å²) in [5, 5.41) is 37.8. The number of carboxylic acids is 3. The second kappa shape index (κ2) is 18.6. The molecule has 0 radical (unpaired) electrons. The van der Waals surface area contributed by atoms with Crippen LogP contribution in [-0.2, 0) is 20.8 Å². The molecule has 6 heterocycles. The number of hydrogen-bond donors (Lipinski definition) is 6. The van der Waals surface area contributed by atoms with Gasteiger partial charge in [-0.25, -0.2) is 39.3 Å². The third kappa shape index (κ3) is 9.37. The fraction of sp³-hybridized carbons (Fsp3) is 0.347. The molecule has 6 N–H and O–H groups in total. The molecular weight excluding hydrogens is 859 g/mol. The highest BCUT2D eigenvalue weighted by molar-refractivity contribution is 6.20. The van der Waals surface area contributed by atoms with Crippen LogP contribution < -0.4 is 16.0 Å². The van der Waals surface area contributed by atoms with Crippen LogP contribution in [0.1, 0.15) is 123 Å². The Morgan fingerprint density at radius 3 is 1.18 bits per heavy atom. The van der Waals surface area contributed by atoms with Crippen LogP contribution in [0.5, 0.6) is 0 Å². The van der Waals surface area contributed by atoms with Gasteiger partial charge in [-0.3, -0.25) is 19.4 Å². The summed E-state index contributed by atoms with van der Waals surface area (Å²) in [5.74, 6) is -3.38. The highest BCUT2D eigenvalue weighted by atomic mass is 16.4. The number of benzene rings is 2. The smallest absolute Gasteiger partial charge is 0.338 e. The second-order valence-corrected chi connectivity index (χ2v) is 17.8. The van der Waals surface area contributed by atoms with Gasteiger partial charge in [-0.05, 0) is 80.8 Å². The molecule has 2 aromatic carbocycles. The number of rotatable bonds is 10. The van der Waals surface area contributed by atoms with Crippen LogP contribution in [0.3, 0.4) is 0 Å². The Morgan fingerprint density at radius 1 is 0.537 bits per heavy atom. The van der Waals surface area contributed by atoms with Gasteiger partial charge in [0.1, 0.15) is 33.7 Å². The number of aromatic nitrogens is 3. The predicted octanol–water partition coefficient (Wildman–Crippen LogP) is 6.08. The Balaban J connectivity index is 0.000000166. The van der Waals surface area contributed by atoms with E-state index in [-0.39, 0.29) is 86.8 Å². The summed E-state index contributed by atoms with van der Waals surface area (Å²) in [7, 11) is 0. The average molecular weight is 912 g/mol. The molecule has 0 aliphatic carbocycles. The van der Waals surface area contributed by atoms with Gasteiger partial charge in [0, 0.05) is 17.0 Å². The van der Waals surface area contributed by atoms with Gasteiger partial charge >= 0.3 is 17.9 Å². The van der Waals surface area contributed by atoms with Crippen LogP contribution in [0.2, 0.25) is 0 Å². The number of aliphatic imine (C=N–C) groups is 3. The first kappa shape index (κ1) is 48.7. The molecule has 0 spiro atoms. The third-order valence-corrected chi connectivity index (χ3v) is 12.6. The summed E-state index contributed by atoms with van der Waals surface area (Å²) in [6.07, 6.45) is 2.30. The summed E-state index contributed by atoms with van der Waals surface area (Å²) in [4.78, 5) is 97.6. The fourth-order valence-corrected chi connectivity index (χ4v) is 7.12. The van der Waals surface area contributed by atoms with E-state index in [1.165, 1.54) is 0 Å². The molecule has 3 amide bonds. The summed E-state index contributed by atoms with van der Waals surface area (Å²) in [5.41, 5.74) is 0.0960. The van der Waals surface area contributed by atoms with Crippen molar-refractivity contribution in [1.82, 2.24) is 30.9 Å². The Bertz CT molecular complexity index is 2840. The molecule has 0 saturated heterocycles. The molecule has 0 fully saturated rings. The number of nitrogens with zero attached hydrogens (tertiary/aromatic N) is 6. The Kier molecular flexibility index (Phi) is 13.5. The largest absolute Gasteiger partial charge is 0.478 e. The minimum Gasteiger partial charge on any atom is -0.478 e. The molecule has 3 aliphatic heterocycles. The first-order valence-corrected chi connectivity index (χ1v) is 21.7. The van der Waals surface area contributed by atoms with Crippen molar-refractivity contribution >= 4 is 74.9 Å². The Labute approximate surface area is 386 Å². The first-order chi connectivity index (χ1) is 31.4. The number of carbonyl (C=O) groups excluding carboxylic acids is 3. The summed E-state index contributed by atoms with van der Waals surface area (Å²) in [6, 6.07) is 19.2. The lowest BCUT2D eigenvalue weighted by molar-refractivity contribution is -0.125. The highest BCUT2D eigenvalue weighted by Gasteiger charge is 2.45. The van der Waals surface area contributed by atoms with Crippen LogP contribution in [0.25, 0.3) is 21.8 Å². The minimum absolute atomic E-state index is 0.00167. The van der Waals surface area contributed by atoms with Gasteiger partial charge < -0.3 is 31.3 Å². The average Bonchev–Trinajstić information content (AvgIpc) is 3.91. The van der Waals surface area contributed by atoms with Crippen molar-refractivity contribution in [1.29, 1.82) is 0 Å². The lowest BCUT2D eigenvalue weighted by atomic mass is 9.89. The van der Waals surface area contributed by atoms with Crippen LogP contribution in [0.4, 0.5) is 0 Å². The number of carboxylic acid groups (broad SMARTS) is 3. The van der Waals surface area contributed by atoms with Crippen molar-refractivity contribution in [2.24, 2.45) is 32.7 Å². The molecule has 0 saturated carbocycles. The Morgan fingerprint density at radius 2 is 0.866 bits per heavy atom. The van der Waals surface area contributed by atoms with E-state index in [4.69, 9.17) is 0 Å². The lowest BCUT2D eigenvalue weighted by Crippen LogP contribution is -2.41. The van der Waals surface area contributed by atoms with E-state index in [0.717, 1.165) is 16.3 Å². The maximum Gasteiger partial charge on any atom is 0.338 e. The topological polar surface area (TPSA) is 275 Å².